The van der Waals surface area contributed by atoms with Crippen molar-refractivity contribution in [3.05, 3.63) is 0 Å². The first kappa shape index (κ1) is 10.4. The molecule has 11 heavy (non-hydrogen) atoms. The van der Waals surface area contributed by atoms with E-state index in [1.807, 2.05) is 0 Å². The molecular weight excluding hydrogens is 216 g/mol. The Kier molecular flexibility index (Phi) is 4.85. The van der Waals surface area contributed by atoms with Gasteiger partial charge in [-0.15, -0.1) is 0 Å². The van der Waals surface area contributed by atoms with E-state index in [-0.39, 0.29) is 12.8 Å². The minimum Gasteiger partial charge on any atom is -0.481 e. The summed E-state index contributed by atoms with van der Waals surface area (Å²) in [6.07, 6.45) is 0.215. The average Bonchev–Trinajstić information content (AvgIpc) is 1.98. The molecule has 0 saturated carbocycles. The highest BCUT2D eigenvalue weighted by Crippen LogP contribution is 2.09. The largest absolute Gasteiger partial charge is 0.481 e. The van der Waals surface area contributed by atoms with Crippen LogP contribution in [0, 0.1) is 0 Å². The molecule has 0 aliphatic carbocycles. The predicted octanol–water partition coefficient (Wildman–Crippen LogP) is 0.788. The summed E-state index contributed by atoms with van der Waals surface area (Å²) in [6.45, 7) is 0. The zero-order chi connectivity index (χ0) is 8.85. The maximum atomic E-state index is 10.7. The number of rotatable bonds is 4. The van der Waals surface area contributed by atoms with Crippen molar-refractivity contribution in [1.29, 1.82) is 0 Å². The number of ether oxygens (including phenoxy) is 1. The molecule has 4 nitrogen and oxygen atoms in total. The summed E-state index contributed by atoms with van der Waals surface area (Å²) in [6, 6.07) is 0. The van der Waals surface area contributed by atoms with E-state index in [0.717, 1.165) is 0 Å². The molecule has 0 heterocycles. The van der Waals surface area contributed by atoms with Crippen LogP contribution < -0.4 is 0 Å². The molecule has 0 unspecified atom stereocenters. The van der Waals surface area contributed by atoms with Crippen LogP contribution in [0.5, 0.6) is 0 Å². The Bertz CT molecular complexity index is 157. The molecule has 0 aromatic carbocycles. The molecule has 0 saturated heterocycles. The fourth-order valence-electron chi connectivity index (χ4n) is 0.496. The van der Waals surface area contributed by atoms with Crippen molar-refractivity contribution in [3.63, 3.8) is 0 Å². The number of aliphatic carboxylic acids is 1. The van der Waals surface area contributed by atoms with Crippen molar-refractivity contribution in [3.8, 4) is 0 Å². The van der Waals surface area contributed by atoms with Crippen LogP contribution in [-0.4, -0.2) is 29.0 Å². The standard InChI is InChI=1S/C6H9BrO4/c1-11-6(10)4(7)2-3-5(8)9/h4H,2-3H2,1H3,(H,8,9)/t4-/m0/s1. The van der Waals surface area contributed by atoms with Crippen LogP contribution in [0.2, 0.25) is 0 Å². The third-order valence-electron chi connectivity index (χ3n) is 1.07. The Hall–Kier alpha value is -0.580. The highest BCUT2D eigenvalue weighted by Gasteiger charge is 2.15. The summed E-state index contributed by atoms with van der Waals surface area (Å²) in [5, 5.41) is 8.24. The number of carboxylic acids is 1. The molecule has 0 aliphatic heterocycles. The van der Waals surface area contributed by atoms with Crippen LogP contribution in [0.25, 0.3) is 0 Å². The van der Waals surface area contributed by atoms with Crippen molar-refractivity contribution in [1.82, 2.24) is 0 Å². The van der Waals surface area contributed by atoms with Gasteiger partial charge in [-0.25, -0.2) is 0 Å². The molecule has 0 amide bonds. The predicted molar refractivity (Wildman–Crippen MR) is 41.6 cm³/mol. The second-order valence-electron chi connectivity index (χ2n) is 1.92. The molecule has 0 fully saturated rings. The zero-order valence-electron chi connectivity index (χ0n) is 6.04. The maximum absolute atomic E-state index is 10.7. The molecule has 1 atom stereocenters. The number of methoxy groups -OCH3 is 1. The lowest BCUT2D eigenvalue weighted by Crippen LogP contribution is -2.16. The van der Waals surface area contributed by atoms with Gasteiger partial charge in [0, 0.05) is 6.42 Å². The van der Waals surface area contributed by atoms with Crippen molar-refractivity contribution >= 4 is 27.9 Å². The smallest absolute Gasteiger partial charge is 0.319 e. The molecule has 1 N–H and O–H groups in total. The van der Waals surface area contributed by atoms with E-state index in [0.29, 0.717) is 0 Å². The lowest BCUT2D eigenvalue weighted by molar-refractivity contribution is -0.140. The van der Waals surface area contributed by atoms with Crippen LogP contribution in [0.4, 0.5) is 0 Å². The van der Waals surface area contributed by atoms with Crippen LogP contribution in [0.15, 0.2) is 0 Å². The van der Waals surface area contributed by atoms with Gasteiger partial charge in [0.15, 0.2) is 0 Å². The Morgan fingerprint density at radius 2 is 2.18 bits per heavy atom. The molecule has 0 aliphatic rings. The minimum atomic E-state index is -0.918. The first-order chi connectivity index (χ1) is 5.07. The van der Waals surface area contributed by atoms with Gasteiger partial charge >= 0.3 is 11.9 Å². The Morgan fingerprint density at radius 1 is 1.64 bits per heavy atom. The molecule has 5 heteroatoms. The molecule has 0 bridgehead atoms. The van der Waals surface area contributed by atoms with E-state index >= 15 is 0 Å². The fourth-order valence-corrected chi connectivity index (χ4v) is 0.912. The van der Waals surface area contributed by atoms with E-state index < -0.39 is 16.8 Å². The monoisotopic (exact) mass is 224 g/mol. The molecule has 0 spiro atoms. The molecule has 0 aromatic rings. The Balaban J connectivity index is 3.60. The normalized spacial score (nSPS) is 12.2. The molecule has 0 rings (SSSR count). The summed E-state index contributed by atoms with van der Waals surface area (Å²) in [5.74, 6) is -1.36. The van der Waals surface area contributed by atoms with Crippen LogP contribution >= 0.6 is 15.9 Å². The summed E-state index contributed by atoms with van der Waals surface area (Å²) in [7, 11) is 1.26. The minimum absolute atomic E-state index is 0.0367. The summed E-state index contributed by atoms with van der Waals surface area (Å²) >= 11 is 2.99. The van der Waals surface area contributed by atoms with E-state index in [9.17, 15) is 9.59 Å². The summed E-state index contributed by atoms with van der Waals surface area (Å²) < 4.78 is 4.37. The van der Waals surface area contributed by atoms with Gasteiger partial charge in [-0.05, 0) is 6.42 Å². The van der Waals surface area contributed by atoms with E-state index in [1.165, 1.54) is 7.11 Å². The Morgan fingerprint density at radius 3 is 2.55 bits per heavy atom. The topological polar surface area (TPSA) is 63.6 Å². The second kappa shape index (κ2) is 5.12. The molecule has 64 valence electrons. The third kappa shape index (κ3) is 4.78. The number of hydrogen-bond donors (Lipinski definition) is 1. The SMILES string of the molecule is COC(=O)[C@@H](Br)CCC(=O)O. The highest BCUT2D eigenvalue weighted by atomic mass is 79.9. The number of carbonyl (C=O) groups excluding carboxylic acids is 1. The van der Waals surface area contributed by atoms with Gasteiger partial charge in [-0.1, -0.05) is 15.9 Å². The van der Waals surface area contributed by atoms with Crippen molar-refractivity contribution in [2.75, 3.05) is 7.11 Å². The molecular formula is C6H9BrO4. The average molecular weight is 225 g/mol. The van der Waals surface area contributed by atoms with Crippen molar-refractivity contribution < 1.29 is 19.4 Å². The van der Waals surface area contributed by atoms with Crippen LogP contribution in [0.3, 0.4) is 0 Å². The highest BCUT2D eigenvalue weighted by molar-refractivity contribution is 9.10. The lowest BCUT2D eigenvalue weighted by atomic mass is 10.2. The van der Waals surface area contributed by atoms with Gasteiger partial charge in [0.05, 0.1) is 7.11 Å². The van der Waals surface area contributed by atoms with Gasteiger partial charge in [-0.3, -0.25) is 9.59 Å². The maximum Gasteiger partial charge on any atom is 0.319 e. The van der Waals surface area contributed by atoms with Crippen molar-refractivity contribution in [2.45, 2.75) is 17.7 Å². The van der Waals surface area contributed by atoms with Gasteiger partial charge in [0.2, 0.25) is 0 Å². The number of carboxylic acid groups (broad SMARTS) is 1. The van der Waals surface area contributed by atoms with Gasteiger partial charge in [0.25, 0.3) is 0 Å². The van der Waals surface area contributed by atoms with E-state index in [1.54, 1.807) is 0 Å². The third-order valence-corrected chi connectivity index (χ3v) is 1.90. The quantitative estimate of drug-likeness (QED) is 0.567. The number of alkyl halides is 1. The molecule has 0 radical (unpaired) electrons. The van der Waals surface area contributed by atoms with Crippen LogP contribution in [-0.2, 0) is 14.3 Å². The van der Waals surface area contributed by atoms with E-state index in [4.69, 9.17) is 5.11 Å². The van der Waals surface area contributed by atoms with Crippen LogP contribution in [0.1, 0.15) is 12.8 Å². The zero-order valence-corrected chi connectivity index (χ0v) is 7.63. The number of carbonyl (C=O) groups is 2. The van der Waals surface area contributed by atoms with E-state index in [2.05, 4.69) is 20.7 Å². The second-order valence-corrected chi connectivity index (χ2v) is 3.03. The number of hydrogen-bond acceptors (Lipinski definition) is 3. The van der Waals surface area contributed by atoms with Gasteiger partial charge < -0.3 is 9.84 Å². The summed E-state index contributed by atoms with van der Waals surface area (Å²) in [5.41, 5.74) is 0. The van der Waals surface area contributed by atoms with Crippen molar-refractivity contribution in [2.24, 2.45) is 0 Å². The number of esters is 1. The first-order valence-corrected chi connectivity index (χ1v) is 3.93. The summed E-state index contributed by atoms with van der Waals surface area (Å²) in [4.78, 5) is 20.2. The van der Waals surface area contributed by atoms with Gasteiger partial charge in [-0.2, -0.15) is 0 Å². The fraction of sp³-hybridized carbons (Fsp3) is 0.667. The molecule has 0 aromatic heterocycles. The number of halogens is 1. The lowest BCUT2D eigenvalue weighted by Gasteiger charge is -2.03. The first-order valence-electron chi connectivity index (χ1n) is 3.01. The Labute approximate surface area is 72.7 Å². The van der Waals surface area contributed by atoms with Gasteiger partial charge in [0.1, 0.15) is 4.83 Å².